The van der Waals surface area contributed by atoms with Gasteiger partial charge in [-0.25, -0.2) is 0 Å². The van der Waals surface area contributed by atoms with E-state index in [1.807, 2.05) is 0 Å². The Kier molecular flexibility index (Phi) is 3.87. The summed E-state index contributed by atoms with van der Waals surface area (Å²) in [6.45, 7) is 7.30. The van der Waals surface area contributed by atoms with Crippen molar-refractivity contribution in [3.8, 4) is 0 Å². The zero-order chi connectivity index (χ0) is 19.4. The molecule has 3 aromatic carbocycles. The summed E-state index contributed by atoms with van der Waals surface area (Å²) >= 11 is 0. The van der Waals surface area contributed by atoms with Gasteiger partial charge in [0, 0.05) is 16.8 Å². The molecule has 0 spiro atoms. The molecule has 0 heterocycles. The van der Waals surface area contributed by atoms with Gasteiger partial charge in [-0.1, -0.05) is 63.2 Å². The molecular formula is C26H28N2. The van der Waals surface area contributed by atoms with Crippen molar-refractivity contribution in [2.45, 2.75) is 40.0 Å². The lowest BCUT2D eigenvalue weighted by Gasteiger charge is -2.34. The second kappa shape index (κ2) is 6.20. The molecule has 2 atom stereocenters. The molecule has 2 aliphatic rings. The summed E-state index contributed by atoms with van der Waals surface area (Å²) in [6, 6.07) is 23.4. The van der Waals surface area contributed by atoms with E-state index in [9.17, 15) is 0 Å². The van der Waals surface area contributed by atoms with Gasteiger partial charge in [0.05, 0.1) is 11.4 Å². The molecule has 0 saturated heterocycles. The largest absolute Gasteiger partial charge is 0.354 e. The maximum atomic E-state index is 5.22. The molecule has 2 heteroatoms. The van der Waals surface area contributed by atoms with Gasteiger partial charge in [0.25, 0.3) is 0 Å². The third kappa shape index (κ3) is 2.58. The fourth-order valence-corrected chi connectivity index (χ4v) is 5.34. The van der Waals surface area contributed by atoms with E-state index in [0.29, 0.717) is 5.41 Å². The van der Waals surface area contributed by atoms with Gasteiger partial charge in [0.2, 0.25) is 0 Å². The number of rotatable bonds is 3. The molecule has 0 amide bonds. The third-order valence-electron chi connectivity index (χ3n) is 7.70. The van der Waals surface area contributed by atoms with Crippen LogP contribution < -0.4 is 5.32 Å². The molecule has 28 heavy (non-hydrogen) atoms. The smallest absolute Gasteiger partial charge is 0.0864 e. The van der Waals surface area contributed by atoms with Crippen LogP contribution in [0, 0.1) is 16.7 Å². The number of hydrogen-bond acceptors (Lipinski definition) is 2. The van der Waals surface area contributed by atoms with Crippen LogP contribution in [0.3, 0.4) is 0 Å². The van der Waals surface area contributed by atoms with Crippen molar-refractivity contribution in [2.24, 2.45) is 21.7 Å². The van der Waals surface area contributed by atoms with Crippen LogP contribution in [0.4, 0.5) is 17.1 Å². The predicted octanol–water partition coefficient (Wildman–Crippen LogP) is 7.50. The highest BCUT2D eigenvalue weighted by molar-refractivity contribution is 5.97. The number of hydrogen-bond donors (Lipinski definition) is 1. The summed E-state index contributed by atoms with van der Waals surface area (Å²) in [5, 5.41) is 6.12. The number of aliphatic imine (C=N–C) groups is 1. The summed E-state index contributed by atoms with van der Waals surface area (Å²) in [5.41, 5.74) is 5.21. The number of para-hydroxylation sites is 2. The highest BCUT2D eigenvalue weighted by Crippen LogP contribution is 2.64. The minimum absolute atomic E-state index is 0.230. The van der Waals surface area contributed by atoms with E-state index >= 15 is 0 Å². The molecule has 142 valence electrons. The van der Waals surface area contributed by atoms with Gasteiger partial charge >= 0.3 is 0 Å². The summed E-state index contributed by atoms with van der Waals surface area (Å²) in [4.78, 5) is 5.22. The van der Waals surface area contributed by atoms with Crippen LogP contribution in [0.1, 0.15) is 40.0 Å². The molecular weight excluding hydrogens is 340 g/mol. The van der Waals surface area contributed by atoms with Gasteiger partial charge in [0.1, 0.15) is 0 Å². The molecule has 2 unspecified atom stereocenters. The zero-order valence-electron chi connectivity index (χ0n) is 17.0. The molecule has 2 fully saturated rings. The van der Waals surface area contributed by atoms with E-state index in [1.165, 1.54) is 29.3 Å². The number of fused-ring (bicyclic) bond motifs is 3. The van der Waals surface area contributed by atoms with Gasteiger partial charge in [-0.3, -0.25) is 4.99 Å². The highest BCUT2D eigenvalue weighted by atomic mass is 14.9. The minimum atomic E-state index is 0.230. The first-order valence-electron chi connectivity index (χ1n) is 10.4. The minimum Gasteiger partial charge on any atom is -0.354 e. The molecule has 0 aliphatic heterocycles. The van der Waals surface area contributed by atoms with E-state index < -0.39 is 0 Å². The van der Waals surface area contributed by atoms with Crippen LogP contribution >= 0.6 is 0 Å². The van der Waals surface area contributed by atoms with Crippen LogP contribution in [0.5, 0.6) is 0 Å². The molecule has 0 radical (unpaired) electrons. The SMILES string of the molecule is CC12CCC(CC1=Nc1ccccc1Nc1ccc3ccccc3c1)C2(C)C. The van der Waals surface area contributed by atoms with E-state index in [-0.39, 0.29) is 5.41 Å². The zero-order valence-corrected chi connectivity index (χ0v) is 17.0. The molecule has 2 aliphatic carbocycles. The fraction of sp³-hybridized carbons (Fsp3) is 0.346. The average molecular weight is 369 g/mol. The van der Waals surface area contributed by atoms with E-state index in [1.54, 1.807) is 0 Å². The van der Waals surface area contributed by atoms with Gasteiger partial charge in [-0.15, -0.1) is 0 Å². The van der Waals surface area contributed by atoms with Crippen molar-refractivity contribution in [1.82, 2.24) is 0 Å². The summed E-state index contributed by atoms with van der Waals surface area (Å²) in [6.07, 6.45) is 3.76. The Morgan fingerprint density at radius 3 is 2.39 bits per heavy atom. The van der Waals surface area contributed by atoms with Crippen LogP contribution in [-0.2, 0) is 0 Å². The van der Waals surface area contributed by atoms with Gasteiger partial charge < -0.3 is 5.32 Å². The van der Waals surface area contributed by atoms with Crippen LogP contribution in [0.2, 0.25) is 0 Å². The Balaban J connectivity index is 1.50. The Labute approximate surface area is 167 Å². The number of benzene rings is 3. The van der Waals surface area contributed by atoms with Crippen molar-refractivity contribution in [3.63, 3.8) is 0 Å². The van der Waals surface area contributed by atoms with E-state index in [0.717, 1.165) is 29.4 Å². The molecule has 1 N–H and O–H groups in total. The molecule has 5 rings (SSSR count). The topological polar surface area (TPSA) is 24.4 Å². The van der Waals surface area contributed by atoms with Crippen molar-refractivity contribution >= 4 is 33.5 Å². The molecule has 2 saturated carbocycles. The lowest BCUT2D eigenvalue weighted by Crippen LogP contribution is -2.32. The first-order valence-corrected chi connectivity index (χ1v) is 10.4. The second-order valence-electron chi connectivity index (χ2n) is 9.26. The fourth-order valence-electron chi connectivity index (χ4n) is 5.34. The Morgan fingerprint density at radius 2 is 1.64 bits per heavy atom. The van der Waals surface area contributed by atoms with E-state index in [2.05, 4.69) is 92.8 Å². The Bertz CT molecular complexity index is 1080. The summed E-state index contributed by atoms with van der Waals surface area (Å²) in [5.74, 6) is 0.775. The standard InChI is InChI=1S/C26H28N2/c1-25(2)20-14-15-26(25,3)24(17-20)28-23-11-7-6-10-22(23)27-21-13-12-18-8-4-5-9-19(18)16-21/h4-13,16,20,27H,14-15,17H2,1-3H3. The summed E-state index contributed by atoms with van der Waals surface area (Å²) < 4.78 is 0. The second-order valence-corrected chi connectivity index (χ2v) is 9.26. The summed E-state index contributed by atoms with van der Waals surface area (Å²) in [7, 11) is 0. The van der Waals surface area contributed by atoms with Crippen molar-refractivity contribution in [2.75, 3.05) is 5.32 Å². The van der Waals surface area contributed by atoms with E-state index in [4.69, 9.17) is 4.99 Å². The Hall–Kier alpha value is -2.61. The van der Waals surface area contributed by atoms with Crippen LogP contribution in [0.15, 0.2) is 71.7 Å². The quantitative estimate of drug-likeness (QED) is 0.508. The van der Waals surface area contributed by atoms with Crippen molar-refractivity contribution < 1.29 is 0 Å². The normalized spacial score (nSPS) is 26.8. The van der Waals surface area contributed by atoms with Gasteiger partial charge in [-0.05, 0) is 65.6 Å². The van der Waals surface area contributed by atoms with Crippen LogP contribution in [0.25, 0.3) is 10.8 Å². The van der Waals surface area contributed by atoms with Gasteiger partial charge in [-0.2, -0.15) is 0 Å². The highest BCUT2D eigenvalue weighted by Gasteiger charge is 2.59. The van der Waals surface area contributed by atoms with Crippen LogP contribution in [-0.4, -0.2) is 5.71 Å². The first-order chi connectivity index (χ1) is 13.5. The molecule has 3 aromatic rings. The maximum Gasteiger partial charge on any atom is 0.0864 e. The maximum absolute atomic E-state index is 5.22. The van der Waals surface area contributed by atoms with Gasteiger partial charge in [0.15, 0.2) is 0 Å². The number of anilines is 2. The number of nitrogens with zero attached hydrogens (tertiary/aromatic N) is 1. The number of nitrogens with one attached hydrogen (secondary N) is 1. The molecule has 0 aromatic heterocycles. The Morgan fingerprint density at radius 1 is 0.893 bits per heavy atom. The predicted molar refractivity (Wildman–Crippen MR) is 120 cm³/mol. The first kappa shape index (κ1) is 17.5. The molecule has 2 bridgehead atoms. The third-order valence-corrected chi connectivity index (χ3v) is 7.70. The van der Waals surface area contributed by atoms with Crippen molar-refractivity contribution in [1.29, 1.82) is 0 Å². The lowest BCUT2D eigenvalue weighted by atomic mass is 9.70. The lowest BCUT2D eigenvalue weighted by molar-refractivity contribution is 0.194. The molecule has 2 nitrogen and oxygen atoms in total. The van der Waals surface area contributed by atoms with Crippen molar-refractivity contribution in [3.05, 3.63) is 66.7 Å². The monoisotopic (exact) mass is 368 g/mol. The average Bonchev–Trinajstić information content (AvgIpc) is 3.03.